The van der Waals surface area contributed by atoms with Crippen LogP contribution in [0.4, 0.5) is 5.82 Å². The molecular weight excluding hydrogens is 166 g/mol. The predicted octanol–water partition coefficient (Wildman–Crippen LogP) is 0.924. The zero-order chi connectivity index (χ0) is 9.26. The predicted molar refractivity (Wildman–Crippen MR) is 50.9 cm³/mol. The number of H-pyrrole nitrogens is 1. The van der Waals surface area contributed by atoms with Crippen molar-refractivity contribution >= 4 is 17.9 Å². The molecule has 4 nitrogen and oxygen atoms in total. The molecule has 2 rings (SSSR count). The minimum atomic E-state index is -0.138. The fraction of sp³-hybridized carbons (Fsp3) is 0.111. The first-order valence-corrected chi connectivity index (χ1v) is 3.94. The normalized spacial score (nSPS) is 14.0. The molecule has 0 spiro atoms. The first kappa shape index (κ1) is 7.79. The summed E-state index contributed by atoms with van der Waals surface area (Å²) in [7, 11) is 0. The average Bonchev–Trinajstić information content (AvgIpc) is 2.63. The third kappa shape index (κ3) is 1.16. The molecule has 1 aliphatic rings. The standard InChI is InChI=1S/C9H9N3O/c1-2-8(13)12-6-10-5-7-3-4-11-9(7)12/h2-5,11H,1,6H2. The van der Waals surface area contributed by atoms with Crippen molar-refractivity contribution in [3.63, 3.8) is 0 Å². The van der Waals surface area contributed by atoms with E-state index in [4.69, 9.17) is 0 Å². The van der Waals surface area contributed by atoms with E-state index in [0.717, 1.165) is 11.4 Å². The zero-order valence-corrected chi connectivity index (χ0v) is 7.03. The summed E-state index contributed by atoms with van der Waals surface area (Å²) in [6, 6.07) is 1.88. The molecular formula is C9H9N3O. The van der Waals surface area contributed by atoms with Crippen molar-refractivity contribution in [1.29, 1.82) is 0 Å². The molecule has 2 heterocycles. The molecule has 0 fully saturated rings. The number of aromatic amines is 1. The Morgan fingerprint density at radius 2 is 2.62 bits per heavy atom. The Morgan fingerprint density at radius 3 is 3.38 bits per heavy atom. The Labute approximate surface area is 75.6 Å². The number of carbonyl (C=O) groups excluding carboxylic acids is 1. The number of anilines is 1. The molecule has 1 aromatic heterocycles. The van der Waals surface area contributed by atoms with Gasteiger partial charge in [-0.2, -0.15) is 0 Å². The number of fused-ring (bicyclic) bond motifs is 1. The van der Waals surface area contributed by atoms with Crippen molar-refractivity contribution in [2.75, 3.05) is 11.6 Å². The first-order chi connectivity index (χ1) is 6.33. The maximum atomic E-state index is 11.3. The van der Waals surface area contributed by atoms with Crippen molar-refractivity contribution in [1.82, 2.24) is 4.98 Å². The van der Waals surface area contributed by atoms with Crippen LogP contribution in [-0.2, 0) is 4.79 Å². The molecule has 0 bridgehead atoms. The molecule has 0 radical (unpaired) electrons. The van der Waals surface area contributed by atoms with Gasteiger partial charge in [-0.05, 0) is 12.1 Å². The van der Waals surface area contributed by atoms with E-state index in [-0.39, 0.29) is 5.91 Å². The van der Waals surface area contributed by atoms with Gasteiger partial charge in [-0.1, -0.05) is 6.58 Å². The van der Waals surface area contributed by atoms with Crippen LogP contribution in [-0.4, -0.2) is 23.8 Å². The highest BCUT2D eigenvalue weighted by atomic mass is 16.2. The minimum absolute atomic E-state index is 0.138. The molecule has 0 aliphatic carbocycles. The molecule has 1 aromatic rings. The Morgan fingerprint density at radius 1 is 1.77 bits per heavy atom. The van der Waals surface area contributed by atoms with Gasteiger partial charge in [-0.15, -0.1) is 0 Å². The molecule has 1 aliphatic heterocycles. The summed E-state index contributed by atoms with van der Waals surface area (Å²) in [5, 5.41) is 0. The van der Waals surface area contributed by atoms with E-state index in [9.17, 15) is 4.79 Å². The Kier molecular flexibility index (Phi) is 1.73. The summed E-state index contributed by atoms with van der Waals surface area (Å²) < 4.78 is 0. The van der Waals surface area contributed by atoms with Gasteiger partial charge in [0, 0.05) is 18.0 Å². The lowest BCUT2D eigenvalue weighted by molar-refractivity contribution is -0.114. The monoisotopic (exact) mass is 175 g/mol. The highest BCUT2D eigenvalue weighted by Gasteiger charge is 2.18. The molecule has 13 heavy (non-hydrogen) atoms. The van der Waals surface area contributed by atoms with E-state index in [2.05, 4.69) is 16.6 Å². The third-order valence-corrected chi connectivity index (χ3v) is 1.92. The quantitative estimate of drug-likeness (QED) is 0.634. The number of aromatic nitrogens is 1. The minimum Gasteiger partial charge on any atom is -0.347 e. The maximum Gasteiger partial charge on any atom is 0.253 e. The van der Waals surface area contributed by atoms with E-state index in [1.165, 1.54) is 6.08 Å². The molecule has 1 amide bonds. The van der Waals surface area contributed by atoms with E-state index in [1.807, 2.05) is 6.07 Å². The van der Waals surface area contributed by atoms with Gasteiger partial charge in [0.25, 0.3) is 5.91 Å². The second kappa shape index (κ2) is 2.90. The fourth-order valence-corrected chi connectivity index (χ4v) is 1.29. The number of hydrogen-bond donors (Lipinski definition) is 1. The van der Waals surface area contributed by atoms with Gasteiger partial charge in [-0.3, -0.25) is 14.7 Å². The van der Waals surface area contributed by atoms with Crippen LogP contribution >= 0.6 is 0 Å². The van der Waals surface area contributed by atoms with Crippen molar-refractivity contribution < 1.29 is 4.79 Å². The van der Waals surface area contributed by atoms with Gasteiger partial charge < -0.3 is 4.98 Å². The van der Waals surface area contributed by atoms with Gasteiger partial charge in [-0.25, -0.2) is 0 Å². The molecule has 0 unspecified atom stereocenters. The highest BCUT2D eigenvalue weighted by molar-refractivity contribution is 6.04. The zero-order valence-electron chi connectivity index (χ0n) is 7.03. The summed E-state index contributed by atoms with van der Waals surface area (Å²) in [6.45, 7) is 3.80. The van der Waals surface area contributed by atoms with Crippen LogP contribution in [0, 0.1) is 0 Å². The number of nitrogens with zero attached hydrogens (tertiary/aromatic N) is 2. The van der Waals surface area contributed by atoms with Crippen molar-refractivity contribution in [3.05, 3.63) is 30.5 Å². The SMILES string of the molecule is C=CC(=O)N1CN=Cc2cc[nH]c21. The summed E-state index contributed by atoms with van der Waals surface area (Å²) >= 11 is 0. The maximum absolute atomic E-state index is 11.3. The Bertz CT molecular complexity index is 378. The Hall–Kier alpha value is -1.84. The van der Waals surface area contributed by atoms with Gasteiger partial charge >= 0.3 is 0 Å². The molecule has 1 N–H and O–H groups in total. The van der Waals surface area contributed by atoms with Crippen LogP contribution < -0.4 is 4.90 Å². The Balaban J connectivity index is 2.40. The van der Waals surface area contributed by atoms with Crippen LogP contribution in [0.5, 0.6) is 0 Å². The van der Waals surface area contributed by atoms with Crippen molar-refractivity contribution in [2.24, 2.45) is 4.99 Å². The summed E-state index contributed by atoms with van der Waals surface area (Å²) in [5.41, 5.74) is 0.932. The molecule has 0 saturated carbocycles. The van der Waals surface area contributed by atoms with Gasteiger partial charge in [0.05, 0.1) is 0 Å². The molecule has 0 saturated heterocycles. The number of carbonyl (C=O) groups is 1. The smallest absolute Gasteiger partial charge is 0.253 e. The lowest BCUT2D eigenvalue weighted by Gasteiger charge is -2.21. The third-order valence-electron chi connectivity index (χ3n) is 1.92. The van der Waals surface area contributed by atoms with Gasteiger partial charge in [0.1, 0.15) is 12.5 Å². The van der Waals surface area contributed by atoms with Gasteiger partial charge in [0.2, 0.25) is 0 Å². The van der Waals surface area contributed by atoms with Gasteiger partial charge in [0.15, 0.2) is 0 Å². The molecule has 0 aromatic carbocycles. The van der Waals surface area contributed by atoms with Crippen LogP contribution in [0.25, 0.3) is 0 Å². The molecule has 4 heteroatoms. The number of rotatable bonds is 1. The molecule has 0 atom stereocenters. The van der Waals surface area contributed by atoms with E-state index >= 15 is 0 Å². The van der Waals surface area contributed by atoms with E-state index in [0.29, 0.717) is 6.67 Å². The van der Waals surface area contributed by atoms with Crippen molar-refractivity contribution in [3.8, 4) is 0 Å². The van der Waals surface area contributed by atoms with Crippen molar-refractivity contribution in [2.45, 2.75) is 0 Å². The largest absolute Gasteiger partial charge is 0.347 e. The van der Waals surface area contributed by atoms with Crippen LogP contribution in [0.1, 0.15) is 5.56 Å². The lowest BCUT2D eigenvalue weighted by Crippen LogP contribution is -2.32. The van der Waals surface area contributed by atoms with E-state index in [1.54, 1.807) is 17.3 Å². The number of hydrogen-bond acceptors (Lipinski definition) is 2. The number of aliphatic imine (C=N–C) groups is 1. The van der Waals surface area contributed by atoms with Crippen LogP contribution in [0.2, 0.25) is 0 Å². The molecule has 66 valence electrons. The first-order valence-electron chi connectivity index (χ1n) is 3.94. The summed E-state index contributed by atoms with van der Waals surface area (Å²) in [4.78, 5) is 19.9. The second-order valence-electron chi connectivity index (χ2n) is 2.71. The average molecular weight is 175 g/mol. The van der Waals surface area contributed by atoms with E-state index < -0.39 is 0 Å². The second-order valence-corrected chi connectivity index (χ2v) is 2.71. The number of amides is 1. The van der Waals surface area contributed by atoms with Crippen LogP contribution in [0.15, 0.2) is 29.9 Å². The number of nitrogens with one attached hydrogen (secondary N) is 1. The summed E-state index contributed by atoms with van der Waals surface area (Å²) in [6.07, 6.45) is 4.82. The highest BCUT2D eigenvalue weighted by Crippen LogP contribution is 2.19. The topological polar surface area (TPSA) is 48.5 Å². The summed E-state index contributed by atoms with van der Waals surface area (Å²) in [5.74, 6) is 0.653. The van der Waals surface area contributed by atoms with Crippen LogP contribution in [0.3, 0.4) is 0 Å². The fourth-order valence-electron chi connectivity index (χ4n) is 1.29. The lowest BCUT2D eigenvalue weighted by atomic mass is 10.3.